The maximum Gasteiger partial charge on any atom is 0.140 e. The average Bonchev–Trinajstić information content (AvgIpc) is 2.10. The Morgan fingerprint density at radius 1 is 1.47 bits per heavy atom. The van der Waals surface area contributed by atoms with Gasteiger partial charge in [-0.25, -0.2) is 4.39 Å². The fourth-order valence-corrected chi connectivity index (χ4v) is 1.84. The fraction of sp³-hybridized carbons (Fsp3) is 0.455. The first-order chi connectivity index (χ1) is 6.83. The molecule has 0 bridgehead atoms. The maximum atomic E-state index is 13.7. The van der Waals surface area contributed by atoms with E-state index in [-0.39, 0.29) is 5.82 Å². The first kappa shape index (κ1) is 12.5. The molecule has 0 radical (unpaired) electrons. The predicted molar refractivity (Wildman–Crippen MR) is 62.6 cm³/mol. The summed E-state index contributed by atoms with van der Waals surface area (Å²) in [6, 6.07) is 3.27. The van der Waals surface area contributed by atoms with E-state index in [1.165, 1.54) is 0 Å². The summed E-state index contributed by atoms with van der Waals surface area (Å²) in [6.07, 6.45) is 0.467. The highest BCUT2D eigenvalue weighted by Gasteiger charge is 2.17. The predicted octanol–water partition coefficient (Wildman–Crippen LogP) is 2.88. The number of rotatable bonds is 3. The van der Waals surface area contributed by atoms with E-state index in [2.05, 4.69) is 15.9 Å². The van der Waals surface area contributed by atoms with Gasteiger partial charge >= 0.3 is 0 Å². The van der Waals surface area contributed by atoms with E-state index >= 15 is 0 Å². The molecule has 0 aliphatic rings. The molecule has 2 N–H and O–H groups in total. The minimum atomic E-state index is -0.438. The standard InChI is InChI=1S/C11H15BrFNO/c1-11(2,14)6-7-4-8(15-3)5-9(12)10(7)13/h4-5H,6,14H2,1-3H3. The van der Waals surface area contributed by atoms with Gasteiger partial charge in [0.05, 0.1) is 11.6 Å². The molecule has 2 nitrogen and oxygen atoms in total. The van der Waals surface area contributed by atoms with Crippen molar-refractivity contribution in [1.29, 1.82) is 0 Å². The average molecular weight is 276 g/mol. The SMILES string of the molecule is COc1cc(Br)c(F)c(CC(C)(C)N)c1. The van der Waals surface area contributed by atoms with Crippen LogP contribution in [0, 0.1) is 5.82 Å². The molecule has 0 atom stereocenters. The fourth-order valence-electron chi connectivity index (χ4n) is 1.36. The lowest BCUT2D eigenvalue weighted by Gasteiger charge is -2.19. The van der Waals surface area contributed by atoms with Crippen LogP contribution >= 0.6 is 15.9 Å². The molecule has 0 amide bonds. The Labute approximate surface area is 97.7 Å². The topological polar surface area (TPSA) is 35.2 Å². The number of nitrogens with two attached hydrogens (primary N) is 1. The molecule has 1 rings (SSSR count). The highest BCUT2D eigenvalue weighted by molar-refractivity contribution is 9.10. The van der Waals surface area contributed by atoms with Gasteiger partial charge in [0, 0.05) is 5.54 Å². The van der Waals surface area contributed by atoms with Crippen molar-refractivity contribution in [2.24, 2.45) is 5.73 Å². The molecule has 1 aromatic carbocycles. The van der Waals surface area contributed by atoms with Gasteiger partial charge in [-0.05, 0) is 53.9 Å². The molecule has 0 saturated heterocycles. The number of benzene rings is 1. The number of halogens is 2. The van der Waals surface area contributed by atoms with Crippen molar-refractivity contribution in [3.63, 3.8) is 0 Å². The lowest BCUT2D eigenvalue weighted by Crippen LogP contribution is -2.34. The highest BCUT2D eigenvalue weighted by Crippen LogP contribution is 2.27. The number of methoxy groups -OCH3 is 1. The van der Waals surface area contributed by atoms with Gasteiger partial charge in [0.25, 0.3) is 0 Å². The summed E-state index contributed by atoms with van der Waals surface area (Å²) in [7, 11) is 1.55. The van der Waals surface area contributed by atoms with Crippen LogP contribution in [0.2, 0.25) is 0 Å². The van der Waals surface area contributed by atoms with E-state index in [0.29, 0.717) is 22.2 Å². The van der Waals surface area contributed by atoms with Crippen molar-refractivity contribution in [2.45, 2.75) is 25.8 Å². The molecule has 4 heteroatoms. The summed E-state index contributed by atoms with van der Waals surface area (Å²) in [5.74, 6) is 0.358. The van der Waals surface area contributed by atoms with Gasteiger partial charge in [0.15, 0.2) is 0 Å². The minimum Gasteiger partial charge on any atom is -0.497 e. The van der Waals surface area contributed by atoms with Crippen LogP contribution in [0.3, 0.4) is 0 Å². The van der Waals surface area contributed by atoms with Crippen LogP contribution in [0.25, 0.3) is 0 Å². The summed E-state index contributed by atoms with van der Waals surface area (Å²) in [4.78, 5) is 0. The maximum absolute atomic E-state index is 13.7. The van der Waals surface area contributed by atoms with E-state index in [1.807, 2.05) is 13.8 Å². The molecule has 0 aliphatic carbocycles. The Balaban J connectivity index is 3.11. The molecular weight excluding hydrogens is 261 g/mol. The van der Waals surface area contributed by atoms with Crippen LogP contribution in [-0.2, 0) is 6.42 Å². The first-order valence-corrected chi connectivity index (χ1v) is 5.43. The zero-order valence-corrected chi connectivity index (χ0v) is 10.7. The number of ether oxygens (including phenoxy) is 1. The molecule has 1 aromatic rings. The summed E-state index contributed by atoms with van der Waals surface area (Å²) >= 11 is 3.15. The summed E-state index contributed by atoms with van der Waals surface area (Å²) < 4.78 is 19.2. The van der Waals surface area contributed by atoms with Crippen molar-refractivity contribution in [2.75, 3.05) is 7.11 Å². The summed E-state index contributed by atoms with van der Waals surface area (Å²) in [5, 5.41) is 0. The highest BCUT2D eigenvalue weighted by atomic mass is 79.9. The molecular formula is C11H15BrFNO. The van der Waals surface area contributed by atoms with Crippen molar-refractivity contribution >= 4 is 15.9 Å². The van der Waals surface area contributed by atoms with Crippen molar-refractivity contribution in [1.82, 2.24) is 0 Å². The Kier molecular flexibility index (Phi) is 3.73. The van der Waals surface area contributed by atoms with Crippen LogP contribution in [0.1, 0.15) is 19.4 Å². The van der Waals surface area contributed by atoms with Gasteiger partial charge in [-0.15, -0.1) is 0 Å². The second-order valence-corrected chi connectivity index (χ2v) is 5.10. The largest absolute Gasteiger partial charge is 0.497 e. The van der Waals surface area contributed by atoms with Gasteiger partial charge in [-0.3, -0.25) is 0 Å². The smallest absolute Gasteiger partial charge is 0.140 e. The number of hydrogen-bond donors (Lipinski definition) is 1. The van der Waals surface area contributed by atoms with Gasteiger partial charge in [0.1, 0.15) is 11.6 Å². The molecule has 0 aliphatic heterocycles. The van der Waals surface area contributed by atoms with Gasteiger partial charge in [-0.1, -0.05) is 0 Å². The van der Waals surface area contributed by atoms with Crippen molar-refractivity contribution < 1.29 is 9.13 Å². The van der Waals surface area contributed by atoms with Crippen LogP contribution in [0.15, 0.2) is 16.6 Å². The summed E-state index contributed by atoms with van der Waals surface area (Å²) in [5.41, 5.74) is 5.98. The van der Waals surface area contributed by atoms with Crippen molar-refractivity contribution in [3.05, 3.63) is 28.0 Å². The van der Waals surface area contributed by atoms with Crippen LogP contribution < -0.4 is 10.5 Å². The van der Waals surface area contributed by atoms with Crippen LogP contribution in [0.5, 0.6) is 5.75 Å². The van der Waals surface area contributed by atoms with Gasteiger partial charge in [-0.2, -0.15) is 0 Å². The molecule has 84 valence electrons. The van der Waals surface area contributed by atoms with E-state index in [9.17, 15) is 4.39 Å². The Morgan fingerprint density at radius 3 is 2.53 bits per heavy atom. The van der Waals surface area contributed by atoms with Crippen LogP contribution in [0.4, 0.5) is 4.39 Å². The van der Waals surface area contributed by atoms with E-state index in [1.54, 1.807) is 19.2 Å². The quantitative estimate of drug-likeness (QED) is 0.921. The third-order valence-corrected chi connectivity index (χ3v) is 2.54. The van der Waals surface area contributed by atoms with Gasteiger partial charge in [0.2, 0.25) is 0 Å². The Bertz CT molecular complexity index is 360. The Morgan fingerprint density at radius 2 is 2.07 bits per heavy atom. The molecule has 0 fully saturated rings. The molecule has 15 heavy (non-hydrogen) atoms. The molecule has 0 saturated carbocycles. The van der Waals surface area contributed by atoms with E-state index in [4.69, 9.17) is 10.5 Å². The lowest BCUT2D eigenvalue weighted by atomic mass is 9.96. The summed E-state index contributed by atoms with van der Waals surface area (Å²) in [6.45, 7) is 3.72. The van der Waals surface area contributed by atoms with Crippen molar-refractivity contribution in [3.8, 4) is 5.75 Å². The zero-order valence-electron chi connectivity index (χ0n) is 9.10. The molecule has 0 aromatic heterocycles. The normalized spacial score (nSPS) is 11.6. The molecule has 0 heterocycles. The molecule has 0 spiro atoms. The monoisotopic (exact) mass is 275 g/mol. The third-order valence-electron chi connectivity index (χ3n) is 1.96. The third kappa shape index (κ3) is 3.47. The number of hydrogen-bond acceptors (Lipinski definition) is 2. The Hall–Kier alpha value is -0.610. The second-order valence-electron chi connectivity index (χ2n) is 4.25. The molecule has 0 unspecified atom stereocenters. The first-order valence-electron chi connectivity index (χ1n) is 4.64. The minimum absolute atomic E-state index is 0.269. The lowest BCUT2D eigenvalue weighted by molar-refractivity contribution is 0.410. The van der Waals surface area contributed by atoms with E-state index in [0.717, 1.165) is 0 Å². The van der Waals surface area contributed by atoms with E-state index < -0.39 is 5.54 Å². The van der Waals surface area contributed by atoms with Gasteiger partial charge < -0.3 is 10.5 Å². The van der Waals surface area contributed by atoms with Crippen LogP contribution in [-0.4, -0.2) is 12.6 Å². The zero-order chi connectivity index (χ0) is 11.6. The second kappa shape index (κ2) is 4.49.